The summed E-state index contributed by atoms with van der Waals surface area (Å²) in [6, 6.07) is -0.606. The quantitative estimate of drug-likeness (QED) is 0.742. The third kappa shape index (κ3) is 1.90. The van der Waals surface area contributed by atoms with Gasteiger partial charge in [0.25, 0.3) is 0 Å². The lowest BCUT2D eigenvalue weighted by molar-refractivity contribution is -0.158. The third-order valence-corrected chi connectivity index (χ3v) is 3.71. The normalized spacial score (nSPS) is 23.9. The molecular weight excluding hydrogens is 236 g/mol. The van der Waals surface area contributed by atoms with E-state index in [9.17, 15) is 14.4 Å². The highest BCUT2D eigenvalue weighted by Gasteiger charge is 2.57. The summed E-state index contributed by atoms with van der Waals surface area (Å²) in [6.07, 6.45) is 1.94. The number of rotatable bonds is 4. The van der Waals surface area contributed by atoms with Gasteiger partial charge in [-0.05, 0) is 18.8 Å². The first kappa shape index (κ1) is 13.0. The van der Waals surface area contributed by atoms with Gasteiger partial charge in [-0.1, -0.05) is 13.3 Å². The van der Waals surface area contributed by atoms with Crippen molar-refractivity contribution in [1.29, 1.82) is 0 Å². The molecule has 0 aromatic rings. The molecule has 0 aromatic heterocycles. The molecule has 18 heavy (non-hydrogen) atoms. The van der Waals surface area contributed by atoms with Gasteiger partial charge in [-0.2, -0.15) is 0 Å². The van der Waals surface area contributed by atoms with E-state index in [0.717, 1.165) is 11.3 Å². The van der Waals surface area contributed by atoms with Crippen molar-refractivity contribution in [2.24, 2.45) is 11.3 Å². The van der Waals surface area contributed by atoms with Crippen LogP contribution in [0.2, 0.25) is 0 Å². The summed E-state index contributed by atoms with van der Waals surface area (Å²) in [6.45, 7) is 2.65. The minimum absolute atomic E-state index is 0.0510. The van der Waals surface area contributed by atoms with Crippen LogP contribution in [0.3, 0.4) is 0 Å². The molecule has 2 fully saturated rings. The Balaban J connectivity index is 2.12. The number of hydrogen-bond acceptors (Lipinski definition) is 4. The topological polar surface area (TPSA) is 75.7 Å². The van der Waals surface area contributed by atoms with Crippen molar-refractivity contribution in [3.05, 3.63) is 0 Å². The molecule has 2 aliphatic rings. The van der Waals surface area contributed by atoms with Crippen LogP contribution in [0, 0.1) is 11.3 Å². The Hall–Kier alpha value is -1.43. The van der Waals surface area contributed by atoms with Crippen molar-refractivity contribution in [2.45, 2.75) is 26.2 Å². The van der Waals surface area contributed by atoms with E-state index < -0.39 is 17.4 Å². The number of urea groups is 1. The van der Waals surface area contributed by atoms with Crippen LogP contribution in [0.5, 0.6) is 0 Å². The number of nitrogens with one attached hydrogen (secondary N) is 1. The van der Waals surface area contributed by atoms with Crippen LogP contribution < -0.4 is 5.32 Å². The molecule has 0 radical (unpaired) electrons. The highest BCUT2D eigenvalue weighted by molar-refractivity contribution is 6.19. The van der Waals surface area contributed by atoms with Crippen molar-refractivity contribution >= 4 is 17.8 Å². The zero-order chi connectivity index (χ0) is 13.3. The second kappa shape index (κ2) is 4.68. The van der Waals surface area contributed by atoms with E-state index in [2.05, 4.69) is 5.32 Å². The average Bonchev–Trinajstić information content (AvgIpc) is 2.22. The molecule has 1 saturated heterocycles. The maximum Gasteiger partial charge on any atom is 0.330 e. The summed E-state index contributed by atoms with van der Waals surface area (Å²) < 4.78 is 4.99. The van der Waals surface area contributed by atoms with Crippen molar-refractivity contribution < 1.29 is 19.1 Å². The fraction of sp³-hybridized carbons (Fsp3) is 0.750. The summed E-state index contributed by atoms with van der Waals surface area (Å²) in [5.74, 6) is -0.722. The maximum atomic E-state index is 12.3. The Labute approximate surface area is 106 Å². The monoisotopic (exact) mass is 254 g/mol. The number of hydrogen-bond donors (Lipinski definition) is 1. The number of carbonyl (C=O) groups excluding carboxylic acids is 3. The van der Waals surface area contributed by atoms with Crippen molar-refractivity contribution in [3.63, 3.8) is 0 Å². The van der Waals surface area contributed by atoms with Crippen LogP contribution in [-0.2, 0) is 14.3 Å². The van der Waals surface area contributed by atoms with Crippen LogP contribution in [-0.4, -0.2) is 43.0 Å². The molecule has 4 amide bonds. The zero-order valence-corrected chi connectivity index (χ0v) is 10.7. The number of methoxy groups -OCH3 is 1. The minimum atomic E-state index is -0.972. The van der Waals surface area contributed by atoms with Gasteiger partial charge in [0.1, 0.15) is 5.41 Å². The summed E-state index contributed by atoms with van der Waals surface area (Å²) >= 11 is 0. The Morgan fingerprint density at radius 1 is 1.39 bits per heavy atom. The standard InChI is InChI=1S/C12H18N2O4/c1-8(7-18-2)6-14-10(16)12(4-3-5-12)9(15)13-11(14)17/h8H,3-7H2,1-2H3,(H,13,15,17). The Bertz CT molecular complexity index is 390. The molecule has 1 unspecified atom stereocenters. The Morgan fingerprint density at radius 3 is 2.56 bits per heavy atom. The molecule has 1 atom stereocenters. The van der Waals surface area contributed by atoms with Crippen LogP contribution in [0.4, 0.5) is 4.79 Å². The molecule has 6 nitrogen and oxygen atoms in total. The van der Waals surface area contributed by atoms with E-state index in [1.807, 2.05) is 6.92 Å². The number of imide groups is 2. The molecule has 6 heteroatoms. The van der Waals surface area contributed by atoms with Crippen molar-refractivity contribution in [1.82, 2.24) is 10.2 Å². The molecule has 1 aliphatic carbocycles. The van der Waals surface area contributed by atoms with Crippen LogP contribution in [0.15, 0.2) is 0 Å². The highest BCUT2D eigenvalue weighted by Crippen LogP contribution is 2.44. The van der Waals surface area contributed by atoms with E-state index >= 15 is 0 Å². The zero-order valence-electron chi connectivity index (χ0n) is 10.7. The van der Waals surface area contributed by atoms with Crippen molar-refractivity contribution in [3.8, 4) is 0 Å². The number of nitrogens with zero attached hydrogens (tertiary/aromatic N) is 1. The van der Waals surface area contributed by atoms with Crippen LogP contribution >= 0.6 is 0 Å². The van der Waals surface area contributed by atoms with E-state index in [1.165, 1.54) is 0 Å². The van der Waals surface area contributed by atoms with Gasteiger partial charge in [0, 0.05) is 13.7 Å². The molecule has 2 rings (SSSR count). The summed E-state index contributed by atoms with van der Waals surface area (Å²) in [4.78, 5) is 36.9. The predicted octanol–water partition coefficient (Wildman–Crippen LogP) is 0.518. The van der Waals surface area contributed by atoms with Gasteiger partial charge < -0.3 is 4.74 Å². The molecule has 1 N–H and O–H groups in total. The molecule has 1 saturated carbocycles. The largest absolute Gasteiger partial charge is 0.384 e. The highest BCUT2D eigenvalue weighted by atomic mass is 16.5. The molecule has 0 aromatic carbocycles. The number of carbonyl (C=O) groups is 3. The second-order valence-corrected chi connectivity index (χ2v) is 5.17. The molecule has 1 spiro atoms. The fourth-order valence-electron chi connectivity index (χ4n) is 2.52. The van der Waals surface area contributed by atoms with Crippen molar-refractivity contribution in [2.75, 3.05) is 20.3 Å². The molecular formula is C12H18N2O4. The van der Waals surface area contributed by atoms with Gasteiger partial charge >= 0.3 is 6.03 Å². The van der Waals surface area contributed by atoms with Gasteiger partial charge in [-0.25, -0.2) is 4.79 Å². The van der Waals surface area contributed by atoms with E-state index in [4.69, 9.17) is 4.74 Å². The van der Waals surface area contributed by atoms with Crippen LogP contribution in [0.25, 0.3) is 0 Å². The smallest absolute Gasteiger partial charge is 0.330 e. The minimum Gasteiger partial charge on any atom is -0.384 e. The number of amides is 4. The average molecular weight is 254 g/mol. The lowest BCUT2D eigenvalue weighted by Crippen LogP contribution is -2.66. The summed E-state index contributed by atoms with van der Waals surface area (Å²) in [5, 5.41) is 2.29. The molecule has 100 valence electrons. The van der Waals surface area contributed by atoms with Gasteiger partial charge in [-0.3, -0.25) is 19.8 Å². The number of ether oxygens (including phenoxy) is 1. The summed E-state index contributed by atoms with van der Waals surface area (Å²) in [7, 11) is 1.57. The van der Waals surface area contributed by atoms with Gasteiger partial charge in [0.2, 0.25) is 11.8 Å². The first-order chi connectivity index (χ1) is 8.51. The second-order valence-electron chi connectivity index (χ2n) is 5.17. The maximum absolute atomic E-state index is 12.3. The first-order valence-corrected chi connectivity index (χ1v) is 6.17. The third-order valence-electron chi connectivity index (χ3n) is 3.71. The van der Waals surface area contributed by atoms with E-state index in [0.29, 0.717) is 19.4 Å². The summed E-state index contributed by atoms with van der Waals surface area (Å²) in [5.41, 5.74) is -0.972. The molecule has 1 aliphatic heterocycles. The van der Waals surface area contributed by atoms with E-state index in [-0.39, 0.29) is 18.4 Å². The fourth-order valence-corrected chi connectivity index (χ4v) is 2.52. The first-order valence-electron chi connectivity index (χ1n) is 6.17. The lowest BCUT2D eigenvalue weighted by Gasteiger charge is -2.45. The van der Waals surface area contributed by atoms with Gasteiger partial charge in [-0.15, -0.1) is 0 Å². The predicted molar refractivity (Wildman–Crippen MR) is 62.6 cm³/mol. The SMILES string of the molecule is COCC(C)CN1C(=O)NC(=O)C2(CCC2)C1=O. The number of barbiturate groups is 1. The van der Waals surface area contributed by atoms with Gasteiger partial charge in [0.05, 0.1) is 6.61 Å². The van der Waals surface area contributed by atoms with Crippen LogP contribution in [0.1, 0.15) is 26.2 Å². The van der Waals surface area contributed by atoms with E-state index in [1.54, 1.807) is 7.11 Å². The molecule has 1 heterocycles. The lowest BCUT2D eigenvalue weighted by atomic mass is 9.66. The Kier molecular flexibility index (Phi) is 3.38. The Morgan fingerprint density at radius 2 is 2.06 bits per heavy atom. The van der Waals surface area contributed by atoms with Gasteiger partial charge in [0.15, 0.2) is 0 Å². The molecule has 0 bridgehead atoms.